The van der Waals surface area contributed by atoms with E-state index in [9.17, 15) is 13.2 Å². The van der Waals surface area contributed by atoms with Gasteiger partial charge in [0.2, 0.25) is 5.91 Å². The summed E-state index contributed by atoms with van der Waals surface area (Å²) in [6.07, 6.45) is 1.80. The second-order valence-electron chi connectivity index (χ2n) is 5.81. The number of nitrogens with two attached hydrogens (primary N) is 1. The predicted molar refractivity (Wildman–Crippen MR) is 90.8 cm³/mol. The van der Waals surface area contributed by atoms with E-state index >= 15 is 0 Å². The molecule has 1 aromatic rings. The molecule has 0 aliphatic rings. The van der Waals surface area contributed by atoms with E-state index in [1.165, 1.54) is 0 Å². The average Bonchev–Trinajstić information content (AvgIpc) is 2.36. The van der Waals surface area contributed by atoms with E-state index < -0.39 is 15.9 Å². The highest BCUT2D eigenvalue weighted by Gasteiger charge is 2.18. The maximum atomic E-state index is 12.0. The highest BCUT2D eigenvalue weighted by molar-refractivity contribution is 7.90. The van der Waals surface area contributed by atoms with Crippen LogP contribution in [0.2, 0.25) is 0 Å². The lowest BCUT2D eigenvalue weighted by molar-refractivity contribution is -0.123. The van der Waals surface area contributed by atoms with Crippen molar-refractivity contribution >= 4 is 28.2 Å². The van der Waals surface area contributed by atoms with E-state index in [0.717, 1.165) is 11.8 Å². The zero-order valence-corrected chi connectivity index (χ0v) is 15.0. The van der Waals surface area contributed by atoms with Crippen molar-refractivity contribution in [2.45, 2.75) is 44.2 Å². The normalized spacial score (nSPS) is 14.1. The smallest absolute Gasteiger partial charge is 0.237 e. The van der Waals surface area contributed by atoms with Crippen molar-refractivity contribution in [3.8, 4) is 0 Å². The summed E-state index contributed by atoms with van der Waals surface area (Å²) in [6, 6.07) is 5.75. The molecule has 7 heteroatoms. The van der Waals surface area contributed by atoms with Gasteiger partial charge in [-0.05, 0) is 37.0 Å². The van der Waals surface area contributed by atoms with Gasteiger partial charge in [-0.2, -0.15) is 0 Å². The lowest BCUT2D eigenvalue weighted by atomic mass is 10.0. The van der Waals surface area contributed by atoms with E-state index in [-0.39, 0.29) is 29.3 Å². The molecule has 1 unspecified atom stereocenters. The maximum absolute atomic E-state index is 12.0. The van der Waals surface area contributed by atoms with E-state index in [4.69, 9.17) is 5.73 Å². The first kappa shape index (κ1) is 20.9. The molecule has 0 saturated heterocycles. The van der Waals surface area contributed by atoms with Crippen LogP contribution >= 0.6 is 12.4 Å². The topological polar surface area (TPSA) is 89.3 Å². The van der Waals surface area contributed by atoms with Crippen LogP contribution in [-0.2, 0) is 14.6 Å². The molecule has 5 nitrogen and oxygen atoms in total. The minimum Gasteiger partial charge on any atom is -0.348 e. The van der Waals surface area contributed by atoms with Crippen LogP contribution in [0, 0.1) is 5.92 Å². The Morgan fingerprint density at radius 1 is 1.18 bits per heavy atom. The van der Waals surface area contributed by atoms with Gasteiger partial charge in [0.05, 0.1) is 17.0 Å². The molecule has 1 amide bonds. The van der Waals surface area contributed by atoms with Gasteiger partial charge in [-0.25, -0.2) is 8.42 Å². The molecule has 2 atom stereocenters. The molecule has 22 heavy (non-hydrogen) atoms. The molecule has 1 rings (SSSR count). The van der Waals surface area contributed by atoms with E-state index in [0.29, 0.717) is 12.3 Å². The second kappa shape index (κ2) is 8.50. The van der Waals surface area contributed by atoms with Gasteiger partial charge in [-0.1, -0.05) is 26.0 Å². The summed E-state index contributed by atoms with van der Waals surface area (Å²) in [5, 5.41) is 2.85. The first-order valence-electron chi connectivity index (χ1n) is 6.97. The fourth-order valence-corrected chi connectivity index (χ4v) is 2.65. The number of amides is 1. The Kier molecular flexibility index (Phi) is 8.07. The highest BCUT2D eigenvalue weighted by atomic mass is 35.5. The van der Waals surface area contributed by atoms with Crippen LogP contribution in [0.5, 0.6) is 0 Å². The average molecular weight is 349 g/mol. The number of carbonyl (C=O) groups is 1. The van der Waals surface area contributed by atoms with Crippen molar-refractivity contribution in [3.63, 3.8) is 0 Å². The Morgan fingerprint density at radius 3 is 2.09 bits per heavy atom. The van der Waals surface area contributed by atoms with Gasteiger partial charge in [0, 0.05) is 6.26 Å². The highest BCUT2D eigenvalue weighted by Crippen LogP contribution is 2.16. The van der Waals surface area contributed by atoms with Crippen molar-refractivity contribution in [1.29, 1.82) is 0 Å². The van der Waals surface area contributed by atoms with Crippen molar-refractivity contribution in [2.75, 3.05) is 6.26 Å². The van der Waals surface area contributed by atoms with Crippen molar-refractivity contribution in [1.82, 2.24) is 5.32 Å². The number of rotatable bonds is 6. The molecular formula is C15H25ClN2O3S. The molecule has 126 valence electrons. The summed E-state index contributed by atoms with van der Waals surface area (Å²) in [7, 11) is -3.20. The molecule has 3 N–H and O–H groups in total. The van der Waals surface area contributed by atoms with Crippen molar-refractivity contribution in [2.24, 2.45) is 11.7 Å². The minimum absolute atomic E-state index is 0. The molecule has 0 spiro atoms. The molecule has 0 aliphatic heterocycles. The van der Waals surface area contributed by atoms with Gasteiger partial charge in [0.25, 0.3) is 0 Å². The molecular weight excluding hydrogens is 324 g/mol. The van der Waals surface area contributed by atoms with Gasteiger partial charge < -0.3 is 11.1 Å². The molecule has 0 aromatic heterocycles. The summed E-state index contributed by atoms with van der Waals surface area (Å²) in [5.41, 5.74) is 6.67. The summed E-state index contributed by atoms with van der Waals surface area (Å²) in [4.78, 5) is 12.2. The summed E-state index contributed by atoms with van der Waals surface area (Å²) in [6.45, 7) is 5.87. The molecule has 0 heterocycles. The molecule has 0 bridgehead atoms. The summed E-state index contributed by atoms with van der Waals surface area (Å²) in [5.74, 6) is 0.165. The Bertz CT molecular complexity index is 585. The quantitative estimate of drug-likeness (QED) is 0.823. The molecule has 0 radical (unpaired) electrons. The van der Waals surface area contributed by atoms with Crippen LogP contribution in [-0.4, -0.2) is 26.6 Å². The fourth-order valence-electron chi connectivity index (χ4n) is 2.02. The zero-order valence-electron chi connectivity index (χ0n) is 13.4. The number of benzene rings is 1. The number of carbonyl (C=O) groups excluding carboxylic acids is 1. The fraction of sp³-hybridized carbons (Fsp3) is 0.533. The third kappa shape index (κ3) is 6.34. The Morgan fingerprint density at radius 2 is 1.68 bits per heavy atom. The Labute approximate surface area is 139 Å². The molecule has 1 aromatic carbocycles. The predicted octanol–water partition coefficient (Wildman–Crippen LogP) is 2.06. The van der Waals surface area contributed by atoms with Crippen LogP contribution in [0.25, 0.3) is 0 Å². The molecule has 0 saturated carbocycles. The van der Waals surface area contributed by atoms with Crippen LogP contribution in [0.4, 0.5) is 0 Å². The minimum atomic E-state index is -3.20. The summed E-state index contributed by atoms with van der Waals surface area (Å²) >= 11 is 0. The zero-order chi connectivity index (χ0) is 16.2. The monoisotopic (exact) mass is 348 g/mol. The third-order valence-corrected chi connectivity index (χ3v) is 4.36. The van der Waals surface area contributed by atoms with E-state index in [2.05, 4.69) is 5.32 Å². The first-order valence-corrected chi connectivity index (χ1v) is 8.86. The first-order chi connectivity index (χ1) is 9.61. The number of hydrogen-bond donors (Lipinski definition) is 2. The molecule has 0 aliphatic carbocycles. The Balaban J connectivity index is 0.00000441. The third-order valence-electron chi connectivity index (χ3n) is 3.23. The number of sulfone groups is 1. The number of halogens is 1. The van der Waals surface area contributed by atoms with Crippen molar-refractivity contribution in [3.05, 3.63) is 29.8 Å². The standard InChI is InChI=1S/C15H24N2O3S.ClH/c1-10(2)9-14(16)15(18)17-11(3)12-5-7-13(8-6-12)21(4,19)20;/h5-8,10-11,14H,9,16H2,1-4H3,(H,17,18);1H/t11?,14-;/m0./s1. The van der Waals surface area contributed by atoms with Gasteiger partial charge in [-0.15, -0.1) is 12.4 Å². The van der Waals surface area contributed by atoms with Crippen LogP contribution in [0.1, 0.15) is 38.8 Å². The lowest BCUT2D eigenvalue weighted by Gasteiger charge is -2.19. The number of hydrogen-bond acceptors (Lipinski definition) is 4. The van der Waals surface area contributed by atoms with E-state index in [1.54, 1.807) is 24.3 Å². The van der Waals surface area contributed by atoms with Crippen LogP contribution in [0.3, 0.4) is 0 Å². The maximum Gasteiger partial charge on any atom is 0.237 e. The summed E-state index contributed by atoms with van der Waals surface area (Å²) < 4.78 is 22.8. The van der Waals surface area contributed by atoms with Gasteiger partial charge >= 0.3 is 0 Å². The second-order valence-corrected chi connectivity index (χ2v) is 7.82. The largest absolute Gasteiger partial charge is 0.348 e. The number of nitrogens with one attached hydrogen (secondary N) is 1. The van der Waals surface area contributed by atoms with E-state index in [1.807, 2.05) is 20.8 Å². The molecule has 0 fully saturated rings. The van der Waals surface area contributed by atoms with Gasteiger partial charge in [-0.3, -0.25) is 4.79 Å². The van der Waals surface area contributed by atoms with Crippen LogP contribution in [0.15, 0.2) is 29.2 Å². The SMILES string of the molecule is CC(C)C[C@H](N)C(=O)NC(C)c1ccc(S(C)(=O)=O)cc1.Cl. The Hall–Kier alpha value is -1.11. The lowest BCUT2D eigenvalue weighted by Crippen LogP contribution is -2.42. The van der Waals surface area contributed by atoms with Gasteiger partial charge in [0.15, 0.2) is 9.84 Å². The van der Waals surface area contributed by atoms with Gasteiger partial charge in [0.1, 0.15) is 0 Å². The van der Waals surface area contributed by atoms with Crippen LogP contribution < -0.4 is 11.1 Å². The van der Waals surface area contributed by atoms with Crippen molar-refractivity contribution < 1.29 is 13.2 Å².